The van der Waals surface area contributed by atoms with E-state index in [2.05, 4.69) is 43.3 Å². The molecule has 0 heterocycles. The minimum Gasteiger partial charge on any atom is -0.193 e. The Bertz CT molecular complexity index is 590. The molecule has 0 aromatic heterocycles. The van der Waals surface area contributed by atoms with Crippen LogP contribution in [0.25, 0.3) is 0 Å². The van der Waals surface area contributed by atoms with Crippen molar-refractivity contribution in [3.63, 3.8) is 0 Å². The maximum Gasteiger partial charge on any atom is 0.0908 e. The van der Waals surface area contributed by atoms with Crippen molar-refractivity contribution in [3.05, 3.63) is 47.5 Å². The SMILES string of the molecule is CCCCc1ccc(C2CCC(C3CCC(C=CC#N)CC3)CC2)cc1. The summed E-state index contributed by atoms with van der Waals surface area (Å²) in [5.41, 5.74) is 3.08. The fourth-order valence-corrected chi connectivity index (χ4v) is 5.25. The molecule has 0 atom stereocenters. The maximum atomic E-state index is 8.69. The Morgan fingerprint density at radius 1 is 0.923 bits per heavy atom. The van der Waals surface area contributed by atoms with Crippen molar-refractivity contribution in [2.24, 2.45) is 17.8 Å². The van der Waals surface area contributed by atoms with Crippen LogP contribution in [0.2, 0.25) is 0 Å². The second-order valence-electron chi connectivity index (χ2n) is 8.62. The third-order valence-electron chi connectivity index (χ3n) is 6.97. The summed E-state index contributed by atoms with van der Waals surface area (Å²) in [6, 6.07) is 11.7. The minimum absolute atomic E-state index is 0.661. The van der Waals surface area contributed by atoms with Crippen molar-refractivity contribution in [2.45, 2.75) is 83.5 Å². The van der Waals surface area contributed by atoms with Gasteiger partial charge >= 0.3 is 0 Å². The second-order valence-corrected chi connectivity index (χ2v) is 8.62. The Hall–Kier alpha value is -1.55. The average molecular weight is 350 g/mol. The molecule has 2 fully saturated rings. The van der Waals surface area contributed by atoms with Crippen LogP contribution >= 0.6 is 0 Å². The second kappa shape index (κ2) is 9.96. The first kappa shape index (κ1) is 19.2. The number of nitrogens with zero attached hydrogens (tertiary/aromatic N) is 1. The Morgan fingerprint density at radius 2 is 1.54 bits per heavy atom. The lowest BCUT2D eigenvalue weighted by Crippen LogP contribution is -2.25. The van der Waals surface area contributed by atoms with Crippen LogP contribution < -0.4 is 0 Å². The van der Waals surface area contributed by atoms with E-state index in [1.165, 1.54) is 76.2 Å². The average Bonchev–Trinajstić information content (AvgIpc) is 2.72. The van der Waals surface area contributed by atoms with Gasteiger partial charge in [0, 0.05) is 6.08 Å². The Kier molecular flexibility index (Phi) is 7.36. The van der Waals surface area contributed by atoms with Crippen LogP contribution in [0.5, 0.6) is 0 Å². The van der Waals surface area contributed by atoms with Crippen LogP contribution in [-0.2, 0) is 6.42 Å². The van der Waals surface area contributed by atoms with Crippen LogP contribution in [0, 0.1) is 29.1 Å². The third-order valence-corrected chi connectivity index (χ3v) is 6.97. The van der Waals surface area contributed by atoms with Gasteiger partial charge in [-0.1, -0.05) is 43.7 Å². The number of hydrogen-bond donors (Lipinski definition) is 0. The van der Waals surface area contributed by atoms with Gasteiger partial charge in [0.1, 0.15) is 0 Å². The summed E-state index contributed by atoms with van der Waals surface area (Å²) >= 11 is 0. The standard InChI is InChI=1S/C25H35N/c1-2-3-5-20-7-11-22(12-8-20)24-15-17-25(18-16-24)23-13-9-21(10-14-23)6-4-19-26/h4,6-8,11-12,21,23-25H,2-3,5,9-10,13-18H2,1H3. The number of hydrogen-bond acceptors (Lipinski definition) is 1. The highest BCUT2D eigenvalue weighted by Crippen LogP contribution is 2.44. The molecule has 1 heteroatoms. The van der Waals surface area contributed by atoms with Crippen molar-refractivity contribution >= 4 is 0 Å². The van der Waals surface area contributed by atoms with E-state index < -0.39 is 0 Å². The molecule has 0 aliphatic heterocycles. The minimum atomic E-state index is 0.661. The van der Waals surface area contributed by atoms with Crippen LogP contribution in [0.1, 0.15) is 88.2 Å². The molecule has 0 spiro atoms. The first-order valence-electron chi connectivity index (χ1n) is 10.9. The van der Waals surface area contributed by atoms with Gasteiger partial charge < -0.3 is 0 Å². The maximum absolute atomic E-state index is 8.69. The molecular weight excluding hydrogens is 314 g/mol. The molecule has 0 amide bonds. The van der Waals surface area contributed by atoms with Gasteiger partial charge in [-0.3, -0.25) is 0 Å². The first-order valence-corrected chi connectivity index (χ1v) is 10.9. The zero-order chi connectivity index (χ0) is 18.2. The topological polar surface area (TPSA) is 23.8 Å². The summed E-state index contributed by atoms with van der Waals surface area (Å²) < 4.78 is 0. The van der Waals surface area contributed by atoms with Gasteiger partial charge in [-0.05, 0) is 99.0 Å². The molecule has 2 saturated carbocycles. The normalized spacial score (nSPS) is 29.5. The van der Waals surface area contributed by atoms with Crippen molar-refractivity contribution in [3.8, 4) is 6.07 Å². The Balaban J connectivity index is 1.44. The smallest absolute Gasteiger partial charge is 0.0908 e. The highest BCUT2D eigenvalue weighted by atomic mass is 14.4. The molecule has 0 bridgehead atoms. The molecule has 1 aromatic rings. The molecule has 3 rings (SSSR count). The van der Waals surface area contributed by atoms with Gasteiger partial charge in [-0.15, -0.1) is 0 Å². The lowest BCUT2D eigenvalue weighted by molar-refractivity contribution is 0.171. The zero-order valence-electron chi connectivity index (χ0n) is 16.5. The van der Waals surface area contributed by atoms with Gasteiger partial charge in [0.2, 0.25) is 0 Å². The van der Waals surface area contributed by atoms with Crippen LogP contribution in [-0.4, -0.2) is 0 Å². The predicted octanol–water partition coefficient (Wildman–Crippen LogP) is 7.19. The van der Waals surface area contributed by atoms with Crippen LogP contribution in [0.4, 0.5) is 0 Å². The molecule has 140 valence electrons. The van der Waals surface area contributed by atoms with E-state index in [-0.39, 0.29) is 0 Å². The molecule has 2 aliphatic rings. The van der Waals surface area contributed by atoms with Crippen LogP contribution in [0.3, 0.4) is 0 Å². The third kappa shape index (κ3) is 5.23. The van der Waals surface area contributed by atoms with E-state index in [0.29, 0.717) is 5.92 Å². The number of unbranched alkanes of at least 4 members (excludes halogenated alkanes) is 1. The monoisotopic (exact) mass is 349 g/mol. The molecule has 0 unspecified atom stereocenters. The van der Waals surface area contributed by atoms with Gasteiger partial charge in [0.15, 0.2) is 0 Å². The van der Waals surface area contributed by atoms with E-state index in [4.69, 9.17) is 5.26 Å². The predicted molar refractivity (Wildman–Crippen MR) is 110 cm³/mol. The fourth-order valence-electron chi connectivity index (χ4n) is 5.25. The van der Waals surface area contributed by atoms with Crippen LogP contribution in [0.15, 0.2) is 36.4 Å². The van der Waals surface area contributed by atoms with Crippen molar-refractivity contribution in [1.29, 1.82) is 5.26 Å². The lowest BCUT2D eigenvalue weighted by atomic mass is 9.68. The number of nitriles is 1. The number of benzene rings is 1. The van der Waals surface area contributed by atoms with Gasteiger partial charge in [0.25, 0.3) is 0 Å². The molecule has 26 heavy (non-hydrogen) atoms. The van der Waals surface area contributed by atoms with Gasteiger partial charge in [-0.2, -0.15) is 5.26 Å². The van der Waals surface area contributed by atoms with E-state index in [1.54, 1.807) is 11.6 Å². The highest BCUT2D eigenvalue weighted by molar-refractivity contribution is 5.26. The number of aryl methyl sites for hydroxylation is 1. The zero-order valence-corrected chi connectivity index (χ0v) is 16.5. The van der Waals surface area contributed by atoms with Gasteiger partial charge in [0.05, 0.1) is 6.07 Å². The summed E-state index contributed by atoms with van der Waals surface area (Å²) in [6.45, 7) is 2.27. The van der Waals surface area contributed by atoms with Crippen molar-refractivity contribution in [1.82, 2.24) is 0 Å². The van der Waals surface area contributed by atoms with Crippen molar-refractivity contribution in [2.75, 3.05) is 0 Å². The number of allylic oxidation sites excluding steroid dienone is 2. The molecule has 2 aliphatic carbocycles. The van der Waals surface area contributed by atoms with E-state index in [1.807, 2.05) is 0 Å². The van der Waals surface area contributed by atoms with Gasteiger partial charge in [-0.25, -0.2) is 0 Å². The summed E-state index contributed by atoms with van der Waals surface area (Å²) in [5.74, 6) is 3.35. The summed E-state index contributed by atoms with van der Waals surface area (Å²) in [4.78, 5) is 0. The molecule has 0 saturated heterocycles. The largest absolute Gasteiger partial charge is 0.193 e. The molecular formula is C25H35N. The summed E-state index contributed by atoms with van der Waals surface area (Å²) in [6.07, 6.45) is 18.6. The molecule has 0 N–H and O–H groups in total. The van der Waals surface area contributed by atoms with Crippen molar-refractivity contribution < 1.29 is 0 Å². The molecule has 1 nitrogen and oxygen atoms in total. The summed E-state index contributed by atoms with van der Waals surface area (Å²) in [7, 11) is 0. The first-order chi connectivity index (χ1) is 12.8. The molecule has 1 aromatic carbocycles. The Morgan fingerprint density at radius 3 is 2.12 bits per heavy atom. The highest BCUT2D eigenvalue weighted by Gasteiger charge is 2.30. The van der Waals surface area contributed by atoms with E-state index in [0.717, 1.165) is 17.8 Å². The fraction of sp³-hybridized carbons (Fsp3) is 0.640. The van der Waals surface area contributed by atoms with E-state index >= 15 is 0 Å². The summed E-state index contributed by atoms with van der Waals surface area (Å²) in [5, 5.41) is 8.69. The lowest BCUT2D eigenvalue weighted by Gasteiger charge is -2.37. The quantitative estimate of drug-likeness (QED) is 0.499. The Labute approximate surface area is 160 Å². The number of rotatable bonds is 6. The van der Waals surface area contributed by atoms with E-state index in [9.17, 15) is 0 Å². The molecule has 0 radical (unpaired) electrons.